The number of para-hydroxylation sites is 1. The van der Waals surface area contributed by atoms with Crippen molar-refractivity contribution in [2.45, 2.75) is 13.0 Å². The van der Waals surface area contributed by atoms with Crippen LogP contribution in [0.4, 0.5) is 5.69 Å². The average Bonchev–Trinajstić information content (AvgIpc) is 2.36. The number of amides is 1. The second kappa shape index (κ2) is 6.32. The summed E-state index contributed by atoms with van der Waals surface area (Å²) in [5.74, 6) is -0.0727. The van der Waals surface area contributed by atoms with Gasteiger partial charge in [-0.15, -0.1) is 0 Å². The van der Waals surface area contributed by atoms with Crippen LogP contribution in [0.3, 0.4) is 0 Å². The second-order valence-corrected chi connectivity index (χ2v) is 4.58. The summed E-state index contributed by atoms with van der Waals surface area (Å²) in [5.41, 5.74) is 1.07. The highest BCUT2D eigenvalue weighted by Gasteiger charge is 2.24. The first-order valence-electron chi connectivity index (χ1n) is 6.48. The molecule has 100 valence electrons. The number of rotatable bonds is 5. The van der Waals surface area contributed by atoms with Crippen LogP contribution in [0, 0.1) is 11.3 Å². The largest absolute Gasteiger partial charge is 0.324 e. The van der Waals surface area contributed by atoms with Crippen molar-refractivity contribution >= 4 is 11.6 Å². The minimum atomic E-state index is -0.0727. The molecule has 1 amide bonds. The SMILES string of the molecule is CCN(CC(=O)Nc1ccccc1C#N)C1CNC1. The molecule has 0 bridgehead atoms. The first-order chi connectivity index (χ1) is 9.24. The highest BCUT2D eigenvalue weighted by Crippen LogP contribution is 2.13. The maximum absolute atomic E-state index is 12.0. The standard InChI is InChI=1S/C14H18N4O/c1-2-18(12-8-16-9-12)10-14(19)17-13-6-4-3-5-11(13)7-15/h3-6,12,16H,2,8-10H2,1H3,(H,17,19). The van der Waals surface area contributed by atoms with Gasteiger partial charge in [0.25, 0.3) is 0 Å². The summed E-state index contributed by atoms with van der Waals surface area (Å²) in [7, 11) is 0. The van der Waals surface area contributed by atoms with Crippen LogP contribution in [0.5, 0.6) is 0 Å². The molecule has 19 heavy (non-hydrogen) atoms. The lowest BCUT2D eigenvalue weighted by Gasteiger charge is -2.37. The van der Waals surface area contributed by atoms with Gasteiger partial charge in [-0.2, -0.15) is 5.26 Å². The highest BCUT2D eigenvalue weighted by atomic mass is 16.2. The Morgan fingerprint density at radius 1 is 1.53 bits per heavy atom. The summed E-state index contributed by atoms with van der Waals surface area (Å²) in [6, 6.07) is 9.56. The molecule has 1 aromatic carbocycles. The molecule has 1 aliphatic heterocycles. The number of nitrogens with one attached hydrogen (secondary N) is 2. The molecule has 2 rings (SSSR count). The minimum Gasteiger partial charge on any atom is -0.324 e. The Bertz CT molecular complexity index is 490. The molecule has 1 aliphatic rings. The van der Waals surface area contributed by atoms with Crippen molar-refractivity contribution in [1.82, 2.24) is 10.2 Å². The van der Waals surface area contributed by atoms with Crippen molar-refractivity contribution in [3.05, 3.63) is 29.8 Å². The lowest BCUT2D eigenvalue weighted by molar-refractivity contribution is -0.118. The lowest BCUT2D eigenvalue weighted by atomic mass is 10.1. The molecule has 0 spiro atoms. The zero-order chi connectivity index (χ0) is 13.7. The van der Waals surface area contributed by atoms with Crippen LogP contribution < -0.4 is 10.6 Å². The van der Waals surface area contributed by atoms with E-state index in [0.29, 0.717) is 23.8 Å². The Morgan fingerprint density at radius 3 is 2.84 bits per heavy atom. The monoisotopic (exact) mass is 258 g/mol. The van der Waals surface area contributed by atoms with Gasteiger partial charge in [0.2, 0.25) is 5.91 Å². The number of hydrogen-bond donors (Lipinski definition) is 2. The second-order valence-electron chi connectivity index (χ2n) is 4.58. The summed E-state index contributed by atoms with van der Waals surface area (Å²) in [5, 5.41) is 15.0. The molecule has 0 radical (unpaired) electrons. The van der Waals surface area contributed by atoms with E-state index in [2.05, 4.69) is 28.5 Å². The molecule has 1 aromatic rings. The Kier molecular flexibility index (Phi) is 4.50. The molecule has 1 heterocycles. The number of nitrogens with zero attached hydrogens (tertiary/aromatic N) is 2. The van der Waals surface area contributed by atoms with E-state index in [4.69, 9.17) is 5.26 Å². The van der Waals surface area contributed by atoms with Crippen molar-refractivity contribution in [3.8, 4) is 6.07 Å². The third-order valence-corrected chi connectivity index (χ3v) is 3.35. The molecule has 1 saturated heterocycles. The van der Waals surface area contributed by atoms with E-state index in [-0.39, 0.29) is 5.91 Å². The van der Waals surface area contributed by atoms with E-state index in [1.165, 1.54) is 0 Å². The third-order valence-electron chi connectivity index (χ3n) is 3.35. The minimum absolute atomic E-state index is 0.0727. The van der Waals surface area contributed by atoms with Crippen molar-refractivity contribution in [1.29, 1.82) is 5.26 Å². The molecule has 0 saturated carbocycles. The number of likely N-dealkylation sites (N-methyl/N-ethyl adjacent to an activating group) is 1. The highest BCUT2D eigenvalue weighted by molar-refractivity contribution is 5.93. The topological polar surface area (TPSA) is 68.2 Å². The van der Waals surface area contributed by atoms with E-state index in [9.17, 15) is 4.79 Å². The molecular weight excluding hydrogens is 240 g/mol. The molecule has 5 nitrogen and oxygen atoms in total. The fourth-order valence-electron chi connectivity index (χ4n) is 2.09. The predicted octanol–water partition coefficient (Wildman–Crippen LogP) is 0.790. The van der Waals surface area contributed by atoms with Crippen molar-refractivity contribution in [3.63, 3.8) is 0 Å². The van der Waals surface area contributed by atoms with Gasteiger partial charge < -0.3 is 10.6 Å². The molecule has 2 N–H and O–H groups in total. The quantitative estimate of drug-likeness (QED) is 0.819. The number of anilines is 1. The van der Waals surface area contributed by atoms with Crippen LogP contribution in [-0.4, -0.2) is 43.0 Å². The molecule has 0 unspecified atom stereocenters. The van der Waals surface area contributed by atoms with Crippen LogP contribution >= 0.6 is 0 Å². The van der Waals surface area contributed by atoms with Crippen LogP contribution in [0.15, 0.2) is 24.3 Å². The number of carbonyl (C=O) groups excluding carboxylic acids is 1. The molecule has 0 aromatic heterocycles. The molecular formula is C14H18N4O. The normalized spacial score (nSPS) is 14.8. The number of benzene rings is 1. The zero-order valence-corrected chi connectivity index (χ0v) is 11.0. The van der Waals surface area contributed by atoms with Crippen molar-refractivity contribution in [2.75, 3.05) is 31.5 Å². The van der Waals surface area contributed by atoms with Gasteiger partial charge in [-0.1, -0.05) is 19.1 Å². The van der Waals surface area contributed by atoms with E-state index < -0.39 is 0 Å². The van der Waals surface area contributed by atoms with E-state index >= 15 is 0 Å². The van der Waals surface area contributed by atoms with Gasteiger partial charge in [0.1, 0.15) is 6.07 Å². The van der Waals surface area contributed by atoms with Crippen molar-refractivity contribution < 1.29 is 4.79 Å². The van der Waals surface area contributed by atoms with Gasteiger partial charge in [0.15, 0.2) is 0 Å². The van der Waals surface area contributed by atoms with Crippen LogP contribution in [0.25, 0.3) is 0 Å². The fraction of sp³-hybridized carbons (Fsp3) is 0.429. The predicted molar refractivity (Wildman–Crippen MR) is 73.7 cm³/mol. The Morgan fingerprint density at radius 2 is 2.26 bits per heavy atom. The summed E-state index contributed by atoms with van der Waals surface area (Å²) < 4.78 is 0. The zero-order valence-electron chi connectivity index (χ0n) is 11.0. The van der Waals surface area contributed by atoms with Crippen molar-refractivity contribution in [2.24, 2.45) is 0 Å². The van der Waals surface area contributed by atoms with Crippen LogP contribution in [0.1, 0.15) is 12.5 Å². The lowest BCUT2D eigenvalue weighted by Crippen LogP contribution is -2.58. The number of hydrogen-bond acceptors (Lipinski definition) is 4. The first kappa shape index (κ1) is 13.5. The maximum atomic E-state index is 12.0. The Hall–Kier alpha value is -1.90. The first-order valence-corrected chi connectivity index (χ1v) is 6.48. The summed E-state index contributed by atoms with van der Waals surface area (Å²) in [4.78, 5) is 14.2. The summed E-state index contributed by atoms with van der Waals surface area (Å²) >= 11 is 0. The van der Waals surface area contributed by atoms with E-state index in [1.54, 1.807) is 18.2 Å². The van der Waals surface area contributed by atoms with Gasteiger partial charge in [-0.3, -0.25) is 9.69 Å². The van der Waals surface area contributed by atoms with Crippen LogP contribution in [-0.2, 0) is 4.79 Å². The smallest absolute Gasteiger partial charge is 0.238 e. The number of nitriles is 1. The molecule has 1 fully saturated rings. The Labute approximate surface area is 113 Å². The molecule has 0 atom stereocenters. The van der Waals surface area contributed by atoms with Gasteiger partial charge in [0, 0.05) is 19.1 Å². The number of carbonyl (C=O) groups is 1. The molecule has 0 aliphatic carbocycles. The fourth-order valence-corrected chi connectivity index (χ4v) is 2.09. The van der Waals surface area contributed by atoms with Gasteiger partial charge in [-0.25, -0.2) is 0 Å². The van der Waals surface area contributed by atoms with Gasteiger partial charge in [-0.05, 0) is 18.7 Å². The molecule has 5 heteroatoms. The van der Waals surface area contributed by atoms with Gasteiger partial charge >= 0.3 is 0 Å². The third kappa shape index (κ3) is 3.31. The summed E-state index contributed by atoms with van der Waals surface area (Å²) in [6.45, 7) is 5.14. The average molecular weight is 258 g/mol. The van der Waals surface area contributed by atoms with Crippen LogP contribution in [0.2, 0.25) is 0 Å². The summed E-state index contributed by atoms with van der Waals surface area (Å²) in [6.07, 6.45) is 0. The maximum Gasteiger partial charge on any atom is 0.238 e. The van der Waals surface area contributed by atoms with E-state index in [1.807, 2.05) is 6.07 Å². The van der Waals surface area contributed by atoms with E-state index in [0.717, 1.165) is 19.6 Å². The Balaban J connectivity index is 1.95. The van der Waals surface area contributed by atoms with Gasteiger partial charge in [0.05, 0.1) is 17.8 Å².